The van der Waals surface area contributed by atoms with Crippen LogP contribution in [0, 0.1) is 0 Å². The minimum absolute atomic E-state index is 0.0760. The van der Waals surface area contributed by atoms with Crippen LogP contribution in [0.4, 0.5) is 4.79 Å². The van der Waals surface area contributed by atoms with E-state index in [0.29, 0.717) is 19.5 Å². The maximum atomic E-state index is 12.3. The van der Waals surface area contributed by atoms with E-state index in [0.717, 1.165) is 12.8 Å². The fraction of sp³-hybridized carbons (Fsp3) is 0.600. The largest absolute Gasteiger partial charge is 0.444 e. The molecule has 1 aliphatic heterocycles. The fourth-order valence-corrected chi connectivity index (χ4v) is 3.00. The first kappa shape index (κ1) is 19.3. The Bertz CT molecular complexity index is 572. The predicted molar refractivity (Wildman–Crippen MR) is 98.4 cm³/mol. The molecule has 1 aliphatic rings. The zero-order chi connectivity index (χ0) is 18.4. The van der Waals surface area contributed by atoms with E-state index in [-0.39, 0.29) is 24.0 Å². The van der Waals surface area contributed by atoms with Crippen molar-refractivity contribution in [2.75, 3.05) is 13.1 Å². The Kier molecular flexibility index (Phi) is 6.45. The predicted octanol–water partition coefficient (Wildman–Crippen LogP) is 3.70. The second-order valence-corrected chi connectivity index (χ2v) is 7.83. The zero-order valence-electron chi connectivity index (χ0n) is 15.7. The number of piperidine rings is 1. The number of rotatable bonds is 4. The molecule has 5 nitrogen and oxygen atoms in total. The highest BCUT2D eigenvalue weighted by Gasteiger charge is 2.27. The minimum atomic E-state index is -0.476. The summed E-state index contributed by atoms with van der Waals surface area (Å²) in [5.41, 5.74) is 0.702. The first-order valence-corrected chi connectivity index (χ1v) is 9.07. The lowest BCUT2D eigenvalue weighted by Gasteiger charge is -2.33. The summed E-state index contributed by atoms with van der Waals surface area (Å²) in [7, 11) is 0. The first-order valence-electron chi connectivity index (χ1n) is 9.07. The molecule has 1 fully saturated rings. The van der Waals surface area contributed by atoms with E-state index >= 15 is 0 Å². The third-order valence-electron chi connectivity index (χ3n) is 4.37. The van der Waals surface area contributed by atoms with Crippen LogP contribution in [0.25, 0.3) is 0 Å². The van der Waals surface area contributed by atoms with Gasteiger partial charge in [0.2, 0.25) is 5.91 Å². The molecular weight excluding hydrogens is 316 g/mol. The Morgan fingerprint density at radius 3 is 2.36 bits per heavy atom. The van der Waals surface area contributed by atoms with Gasteiger partial charge in [0, 0.05) is 25.6 Å². The number of carbonyl (C=O) groups excluding carboxylic acids is 2. The third kappa shape index (κ3) is 6.40. The van der Waals surface area contributed by atoms with Gasteiger partial charge in [0.15, 0.2) is 0 Å². The van der Waals surface area contributed by atoms with Gasteiger partial charge in [0.05, 0.1) is 0 Å². The van der Waals surface area contributed by atoms with Crippen molar-refractivity contribution in [1.29, 1.82) is 0 Å². The minimum Gasteiger partial charge on any atom is -0.444 e. The lowest BCUT2D eigenvalue weighted by molar-refractivity contribution is -0.122. The van der Waals surface area contributed by atoms with Gasteiger partial charge in [-0.15, -0.1) is 0 Å². The summed E-state index contributed by atoms with van der Waals surface area (Å²) in [6, 6.07) is 10.2. The van der Waals surface area contributed by atoms with Crippen molar-refractivity contribution in [2.24, 2.45) is 0 Å². The highest BCUT2D eigenvalue weighted by atomic mass is 16.6. The van der Waals surface area contributed by atoms with E-state index in [1.165, 1.54) is 5.56 Å². The van der Waals surface area contributed by atoms with Crippen LogP contribution in [-0.2, 0) is 9.53 Å². The van der Waals surface area contributed by atoms with Crippen molar-refractivity contribution in [3.8, 4) is 0 Å². The molecule has 1 aromatic carbocycles. The Hall–Kier alpha value is -2.04. The molecule has 0 radical (unpaired) electrons. The van der Waals surface area contributed by atoms with Crippen LogP contribution >= 0.6 is 0 Å². The van der Waals surface area contributed by atoms with Gasteiger partial charge < -0.3 is 15.0 Å². The van der Waals surface area contributed by atoms with E-state index in [9.17, 15) is 9.59 Å². The van der Waals surface area contributed by atoms with Gasteiger partial charge in [0.1, 0.15) is 5.60 Å². The molecule has 0 saturated carbocycles. The Balaban J connectivity index is 1.74. The van der Waals surface area contributed by atoms with Crippen molar-refractivity contribution in [1.82, 2.24) is 10.2 Å². The molecule has 1 atom stereocenters. The van der Waals surface area contributed by atoms with Crippen LogP contribution < -0.4 is 5.32 Å². The van der Waals surface area contributed by atoms with Crippen molar-refractivity contribution in [2.45, 2.75) is 64.5 Å². The molecule has 2 rings (SSSR count). The molecule has 138 valence electrons. The maximum absolute atomic E-state index is 12.3. The molecule has 1 heterocycles. The van der Waals surface area contributed by atoms with Crippen LogP contribution in [0.15, 0.2) is 30.3 Å². The van der Waals surface area contributed by atoms with E-state index in [1.807, 2.05) is 39.0 Å². The number of carbonyl (C=O) groups is 2. The Morgan fingerprint density at radius 2 is 1.80 bits per heavy atom. The van der Waals surface area contributed by atoms with Crippen LogP contribution in [0.3, 0.4) is 0 Å². The van der Waals surface area contributed by atoms with E-state index in [2.05, 4.69) is 24.4 Å². The summed E-state index contributed by atoms with van der Waals surface area (Å²) in [6.07, 6.45) is 1.75. The SMILES string of the molecule is C[C@H](CC(=O)NC1CCN(C(=O)OC(C)(C)C)CC1)c1ccccc1. The van der Waals surface area contributed by atoms with Gasteiger partial charge in [0.25, 0.3) is 0 Å². The molecular formula is C20H30N2O3. The van der Waals surface area contributed by atoms with Crippen molar-refractivity contribution in [3.63, 3.8) is 0 Å². The number of nitrogens with zero attached hydrogens (tertiary/aromatic N) is 1. The van der Waals surface area contributed by atoms with Gasteiger partial charge in [-0.25, -0.2) is 4.79 Å². The average Bonchev–Trinajstić information content (AvgIpc) is 2.54. The Labute approximate surface area is 150 Å². The molecule has 1 saturated heterocycles. The molecule has 0 aromatic heterocycles. The second-order valence-electron chi connectivity index (χ2n) is 7.83. The van der Waals surface area contributed by atoms with E-state index in [4.69, 9.17) is 4.74 Å². The van der Waals surface area contributed by atoms with Gasteiger partial charge in [-0.2, -0.15) is 0 Å². The number of likely N-dealkylation sites (tertiary alicyclic amines) is 1. The van der Waals surface area contributed by atoms with Crippen LogP contribution in [0.1, 0.15) is 58.4 Å². The molecule has 1 aromatic rings. The van der Waals surface area contributed by atoms with Crippen molar-refractivity contribution in [3.05, 3.63) is 35.9 Å². The van der Waals surface area contributed by atoms with E-state index < -0.39 is 5.60 Å². The summed E-state index contributed by atoms with van der Waals surface area (Å²) >= 11 is 0. The van der Waals surface area contributed by atoms with Crippen LogP contribution in [0.2, 0.25) is 0 Å². The highest BCUT2D eigenvalue weighted by molar-refractivity contribution is 5.77. The number of amides is 2. The standard InChI is InChI=1S/C20H30N2O3/c1-15(16-8-6-5-7-9-16)14-18(23)21-17-10-12-22(13-11-17)19(24)25-20(2,3)4/h5-9,15,17H,10-14H2,1-4H3,(H,21,23)/t15-/m1/s1. The topological polar surface area (TPSA) is 58.6 Å². The average molecular weight is 346 g/mol. The monoisotopic (exact) mass is 346 g/mol. The third-order valence-corrected chi connectivity index (χ3v) is 4.37. The van der Waals surface area contributed by atoms with E-state index in [1.54, 1.807) is 4.90 Å². The molecule has 0 spiro atoms. The molecule has 5 heteroatoms. The van der Waals surface area contributed by atoms with Crippen LogP contribution in [0.5, 0.6) is 0 Å². The number of ether oxygens (including phenoxy) is 1. The molecule has 0 bridgehead atoms. The summed E-state index contributed by atoms with van der Waals surface area (Å²) in [5.74, 6) is 0.273. The van der Waals surface area contributed by atoms with Gasteiger partial charge >= 0.3 is 6.09 Å². The second kappa shape index (κ2) is 8.37. The maximum Gasteiger partial charge on any atom is 0.410 e. The zero-order valence-corrected chi connectivity index (χ0v) is 15.7. The normalized spacial score (nSPS) is 17.0. The van der Waals surface area contributed by atoms with Crippen molar-refractivity contribution < 1.29 is 14.3 Å². The molecule has 2 amide bonds. The summed E-state index contributed by atoms with van der Waals surface area (Å²) in [5, 5.41) is 3.11. The smallest absolute Gasteiger partial charge is 0.410 e. The molecule has 0 unspecified atom stereocenters. The fourth-order valence-electron chi connectivity index (χ4n) is 3.00. The Morgan fingerprint density at radius 1 is 1.20 bits per heavy atom. The van der Waals surface area contributed by atoms with Gasteiger partial charge in [-0.3, -0.25) is 4.79 Å². The molecule has 25 heavy (non-hydrogen) atoms. The molecule has 1 N–H and O–H groups in total. The number of nitrogens with one attached hydrogen (secondary N) is 1. The summed E-state index contributed by atoms with van der Waals surface area (Å²) in [6.45, 7) is 8.91. The number of hydrogen-bond acceptors (Lipinski definition) is 3. The first-order chi connectivity index (χ1) is 11.7. The number of hydrogen-bond donors (Lipinski definition) is 1. The number of benzene rings is 1. The quantitative estimate of drug-likeness (QED) is 0.904. The van der Waals surface area contributed by atoms with Gasteiger partial charge in [-0.05, 0) is 45.1 Å². The van der Waals surface area contributed by atoms with Crippen LogP contribution in [-0.4, -0.2) is 41.6 Å². The summed E-state index contributed by atoms with van der Waals surface area (Å²) in [4.78, 5) is 26.1. The lowest BCUT2D eigenvalue weighted by atomic mass is 9.97. The van der Waals surface area contributed by atoms with Crippen molar-refractivity contribution >= 4 is 12.0 Å². The summed E-state index contributed by atoms with van der Waals surface area (Å²) < 4.78 is 5.39. The van der Waals surface area contributed by atoms with Gasteiger partial charge in [-0.1, -0.05) is 37.3 Å². The molecule has 0 aliphatic carbocycles. The highest BCUT2D eigenvalue weighted by Crippen LogP contribution is 2.19. The lowest BCUT2D eigenvalue weighted by Crippen LogP contribution is -2.47.